The lowest BCUT2D eigenvalue weighted by Crippen LogP contribution is -2.37. The minimum absolute atomic E-state index is 0.390. The summed E-state index contributed by atoms with van der Waals surface area (Å²) in [6.07, 6.45) is 7.36. The van der Waals surface area contributed by atoms with Crippen LogP contribution in [0.5, 0.6) is 11.5 Å². The number of ether oxygens (including phenoxy) is 2. The summed E-state index contributed by atoms with van der Waals surface area (Å²) in [6.45, 7) is 6.57. The third kappa shape index (κ3) is 6.12. The molecule has 6 heteroatoms. The molecule has 0 atom stereocenters. The zero-order chi connectivity index (χ0) is 21.3. The van der Waals surface area contributed by atoms with Crippen molar-refractivity contribution < 1.29 is 14.3 Å². The quantitative estimate of drug-likeness (QED) is 0.534. The van der Waals surface area contributed by atoms with Gasteiger partial charge in [-0.25, -0.2) is 4.79 Å². The van der Waals surface area contributed by atoms with Crippen molar-refractivity contribution in [3.63, 3.8) is 0 Å². The molecule has 1 aliphatic rings. The van der Waals surface area contributed by atoms with Crippen molar-refractivity contribution >= 4 is 23.4 Å². The van der Waals surface area contributed by atoms with Gasteiger partial charge in [-0.3, -0.25) is 9.80 Å². The van der Waals surface area contributed by atoms with E-state index in [1.165, 1.54) is 0 Å². The van der Waals surface area contributed by atoms with E-state index in [4.69, 9.17) is 21.1 Å². The number of anilines is 1. The van der Waals surface area contributed by atoms with Crippen LogP contribution in [0.25, 0.3) is 0 Å². The number of benzene rings is 2. The third-order valence-electron chi connectivity index (χ3n) is 4.78. The maximum absolute atomic E-state index is 12.7. The number of hydrogen-bond donors (Lipinski definition) is 0. The Bertz CT molecular complexity index is 896. The molecule has 30 heavy (non-hydrogen) atoms. The molecule has 0 fully saturated rings. The zero-order valence-electron chi connectivity index (χ0n) is 17.2. The molecule has 0 aliphatic carbocycles. The molecule has 1 aliphatic heterocycles. The molecule has 0 bridgehead atoms. The van der Waals surface area contributed by atoms with Gasteiger partial charge in [0.25, 0.3) is 0 Å². The largest absolute Gasteiger partial charge is 0.490 e. The summed E-state index contributed by atoms with van der Waals surface area (Å²) in [6, 6.07) is 12.6. The second-order valence-electron chi connectivity index (χ2n) is 7.16. The number of halogens is 1. The molecule has 0 unspecified atom stereocenters. The Morgan fingerprint density at radius 1 is 1.17 bits per heavy atom. The number of aryl methyl sites for hydroxylation is 1. The van der Waals surface area contributed by atoms with E-state index in [1.54, 1.807) is 29.2 Å². The van der Waals surface area contributed by atoms with E-state index in [-0.39, 0.29) is 0 Å². The molecule has 0 radical (unpaired) electrons. The maximum atomic E-state index is 12.7. The molecule has 0 N–H and O–H groups in total. The van der Waals surface area contributed by atoms with E-state index < -0.39 is 6.09 Å². The van der Waals surface area contributed by atoms with E-state index >= 15 is 0 Å². The van der Waals surface area contributed by atoms with Crippen LogP contribution in [-0.2, 0) is 6.42 Å². The van der Waals surface area contributed by atoms with E-state index in [0.717, 1.165) is 42.9 Å². The van der Waals surface area contributed by atoms with Crippen molar-refractivity contribution in [1.29, 1.82) is 0 Å². The van der Waals surface area contributed by atoms with Gasteiger partial charge in [0.15, 0.2) is 0 Å². The lowest BCUT2D eigenvalue weighted by molar-refractivity contribution is 0.207. The lowest BCUT2D eigenvalue weighted by atomic mass is 10.0. The van der Waals surface area contributed by atoms with Crippen LogP contribution < -0.4 is 14.4 Å². The first-order valence-corrected chi connectivity index (χ1v) is 10.4. The zero-order valence-corrected chi connectivity index (χ0v) is 18.0. The van der Waals surface area contributed by atoms with Crippen molar-refractivity contribution in [2.24, 2.45) is 0 Å². The molecule has 1 heterocycles. The fourth-order valence-corrected chi connectivity index (χ4v) is 3.40. The van der Waals surface area contributed by atoms with Gasteiger partial charge in [0.05, 0.1) is 5.69 Å². The molecule has 0 saturated carbocycles. The molecular formula is C24H27ClN2O3. The highest BCUT2D eigenvalue weighted by atomic mass is 35.5. The van der Waals surface area contributed by atoms with Crippen molar-refractivity contribution in [2.75, 3.05) is 38.2 Å². The Morgan fingerprint density at radius 2 is 1.93 bits per heavy atom. The predicted octanol–water partition coefficient (Wildman–Crippen LogP) is 5.34. The minimum Gasteiger partial charge on any atom is -0.490 e. The van der Waals surface area contributed by atoms with Crippen LogP contribution in [0.3, 0.4) is 0 Å². The Balaban J connectivity index is 1.58. The summed E-state index contributed by atoms with van der Waals surface area (Å²) in [7, 11) is 2.04. The monoisotopic (exact) mass is 426 g/mol. The van der Waals surface area contributed by atoms with Crippen molar-refractivity contribution in [1.82, 2.24) is 4.90 Å². The third-order valence-corrected chi connectivity index (χ3v) is 5.03. The minimum atomic E-state index is -0.390. The van der Waals surface area contributed by atoms with Crippen LogP contribution in [-0.4, -0.2) is 44.3 Å². The number of carbonyl (C=O) groups excluding carboxylic acids is 1. The molecule has 2 aromatic carbocycles. The van der Waals surface area contributed by atoms with E-state index in [0.29, 0.717) is 23.9 Å². The average molecular weight is 427 g/mol. The number of hydrogen-bond acceptors (Lipinski definition) is 4. The predicted molar refractivity (Wildman–Crippen MR) is 122 cm³/mol. The molecule has 0 spiro atoms. The van der Waals surface area contributed by atoms with Gasteiger partial charge in [-0.1, -0.05) is 29.8 Å². The van der Waals surface area contributed by atoms with Crippen LogP contribution in [0.1, 0.15) is 12.0 Å². The number of carbonyl (C=O) groups is 1. The number of rotatable bonds is 8. The van der Waals surface area contributed by atoms with E-state index in [1.807, 2.05) is 37.4 Å². The number of likely N-dealkylation sites (N-methyl/N-ethyl adjacent to an activating group) is 1. The fourth-order valence-electron chi connectivity index (χ4n) is 3.27. The number of amides is 1. The topological polar surface area (TPSA) is 42.0 Å². The van der Waals surface area contributed by atoms with Crippen LogP contribution in [0, 0.1) is 0 Å². The number of fused-ring (bicyclic) bond motifs is 1. The summed E-state index contributed by atoms with van der Waals surface area (Å²) < 4.78 is 11.3. The van der Waals surface area contributed by atoms with Gasteiger partial charge in [-0.05, 0) is 67.9 Å². The van der Waals surface area contributed by atoms with Gasteiger partial charge >= 0.3 is 6.09 Å². The molecule has 1 amide bonds. The van der Waals surface area contributed by atoms with E-state index in [9.17, 15) is 4.79 Å². The summed E-state index contributed by atoms with van der Waals surface area (Å²) >= 11 is 5.89. The lowest BCUT2D eigenvalue weighted by Gasteiger charge is -2.29. The Hall–Kier alpha value is -2.76. The smallest absolute Gasteiger partial charge is 0.419 e. The molecule has 2 aromatic rings. The van der Waals surface area contributed by atoms with Crippen LogP contribution in [0.15, 0.2) is 67.3 Å². The highest BCUT2D eigenvalue weighted by Crippen LogP contribution is 2.31. The molecule has 5 nitrogen and oxygen atoms in total. The number of nitrogens with zero attached hydrogens (tertiary/aromatic N) is 2. The Kier molecular flexibility index (Phi) is 7.94. The first-order chi connectivity index (χ1) is 14.6. The Labute approximate surface area is 183 Å². The second-order valence-corrected chi connectivity index (χ2v) is 7.60. The van der Waals surface area contributed by atoms with Gasteiger partial charge in [0.2, 0.25) is 0 Å². The highest BCUT2D eigenvalue weighted by molar-refractivity contribution is 6.30. The fraction of sp³-hybridized carbons (Fsp3) is 0.292. The summed E-state index contributed by atoms with van der Waals surface area (Å²) in [5, 5.41) is 0.601. The van der Waals surface area contributed by atoms with Crippen LogP contribution in [0.2, 0.25) is 5.02 Å². The first kappa shape index (κ1) is 21.9. The summed E-state index contributed by atoms with van der Waals surface area (Å²) in [5.41, 5.74) is 1.95. The van der Waals surface area contributed by atoms with Crippen molar-refractivity contribution in [3.05, 3.63) is 77.9 Å². The van der Waals surface area contributed by atoms with E-state index in [2.05, 4.69) is 17.6 Å². The molecular weight excluding hydrogens is 400 g/mol. The first-order valence-electron chi connectivity index (χ1n) is 10.0. The maximum Gasteiger partial charge on any atom is 0.419 e. The standard InChI is InChI=1S/C24H27ClN2O3/c1-3-14-26(2)15-4-5-17-29-22-12-13-23-19(18-22)7-6-16-27(23)24(28)30-21-10-8-20(25)9-11-21/h3-5,8-13,18H,1,6-7,14-17H2,2H3. The normalized spacial score (nSPS) is 13.4. The average Bonchev–Trinajstić information content (AvgIpc) is 2.74. The highest BCUT2D eigenvalue weighted by Gasteiger charge is 2.24. The second kappa shape index (κ2) is 10.9. The van der Waals surface area contributed by atoms with Crippen molar-refractivity contribution in [2.45, 2.75) is 12.8 Å². The van der Waals surface area contributed by atoms with Gasteiger partial charge in [-0.15, -0.1) is 6.58 Å². The van der Waals surface area contributed by atoms with Gasteiger partial charge in [-0.2, -0.15) is 0 Å². The Morgan fingerprint density at radius 3 is 2.70 bits per heavy atom. The molecule has 0 aromatic heterocycles. The van der Waals surface area contributed by atoms with Gasteiger partial charge in [0.1, 0.15) is 18.1 Å². The van der Waals surface area contributed by atoms with Crippen molar-refractivity contribution in [3.8, 4) is 11.5 Å². The summed E-state index contributed by atoms with van der Waals surface area (Å²) in [4.78, 5) is 16.5. The van der Waals surface area contributed by atoms with Gasteiger partial charge < -0.3 is 9.47 Å². The molecule has 0 saturated heterocycles. The van der Waals surface area contributed by atoms with Gasteiger partial charge in [0, 0.05) is 24.7 Å². The van der Waals surface area contributed by atoms with Crippen LogP contribution >= 0.6 is 11.6 Å². The summed E-state index contributed by atoms with van der Waals surface area (Å²) in [5.74, 6) is 1.27. The SMILES string of the molecule is C=CCN(C)CC=CCOc1ccc2c(c1)CCCN2C(=O)Oc1ccc(Cl)cc1. The molecule has 3 rings (SSSR count). The molecule has 158 valence electrons. The van der Waals surface area contributed by atoms with Crippen LogP contribution in [0.4, 0.5) is 10.5 Å².